The predicted octanol–water partition coefficient (Wildman–Crippen LogP) is 2.69. The van der Waals surface area contributed by atoms with E-state index in [0.29, 0.717) is 23.4 Å². The molecule has 2 aromatic rings. The molecule has 4 rings (SSSR count). The number of amides is 2. The number of ether oxygens (including phenoxy) is 1. The minimum atomic E-state index is -0.567. The number of benzene rings is 2. The van der Waals surface area contributed by atoms with Gasteiger partial charge in [-0.05, 0) is 48.8 Å². The molecule has 2 atom stereocenters. The van der Waals surface area contributed by atoms with Crippen LogP contribution in [0.4, 0.5) is 14.9 Å². The van der Waals surface area contributed by atoms with Gasteiger partial charge in [0, 0.05) is 19.0 Å². The molecule has 8 heteroatoms. The largest absolute Gasteiger partial charge is 0.442 e. The number of hydrogen-bond acceptors (Lipinski definition) is 5. The molecule has 2 aliphatic heterocycles. The van der Waals surface area contributed by atoms with Gasteiger partial charge in [-0.3, -0.25) is 9.69 Å². The standard InChI is InChI=1S/C23H26FN3O4/c1-15(28)25-12-19-13-27(23(30)31-19)18-7-8-20(21(24)11-18)16-3-5-17(6-4-16)22(29)14-26-9-2-10-26/h3-8,11,19,22,29H,2,9-10,12-14H2,1H3,(H,25,28). The summed E-state index contributed by atoms with van der Waals surface area (Å²) in [6.07, 6.45) is -0.433. The maximum Gasteiger partial charge on any atom is 0.414 e. The normalized spacial score (nSPS) is 19.6. The van der Waals surface area contributed by atoms with Crippen LogP contribution in [0.1, 0.15) is 25.0 Å². The highest BCUT2D eigenvalue weighted by Crippen LogP contribution is 2.30. The van der Waals surface area contributed by atoms with Gasteiger partial charge in [-0.2, -0.15) is 0 Å². The van der Waals surface area contributed by atoms with Crippen molar-refractivity contribution in [1.29, 1.82) is 0 Å². The second kappa shape index (κ2) is 9.03. The summed E-state index contributed by atoms with van der Waals surface area (Å²) in [6.45, 7) is 4.49. The molecule has 0 bridgehead atoms. The van der Waals surface area contributed by atoms with Gasteiger partial charge in [-0.15, -0.1) is 0 Å². The van der Waals surface area contributed by atoms with E-state index in [2.05, 4.69) is 10.2 Å². The Kier molecular flexibility index (Phi) is 6.20. The van der Waals surface area contributed by atoms with Gasteiger partial charge in [0.1, 0.15) is 11.9 Å². The summed E-state index contributed by atoms with van der Waals surface area (Å²) in [5, 5.41) is 13.0. The van der Waals surface area contributed by atoms with Crippen molar-refractivity contribution in [2.75, 3.05) is 37.6 Å². The van der Waals surface area contributed by atoms with E-state index in [1.807, 2.05) is 12.1 Å². The number of rotatable bonds is 7. The van der Waals surface area contributed by atoms with Crippen molar-refractivity contribution >= 4 is 17.7 Å². The number of carbonyl (C=O) groups excluding carboxylic acids is 2. The molecule has 2 unspecified atom stereocenters. The van der Waals surface area contributed by atoms with Crippen molar-refractivity contribution in [2.45, 2.75) is 25.6 Å². The molecule has 0 saturated carbocycles. The SMILES string of the molecule is CC(=O)NCC1CN(c2ccc(-c3ccc(C(O)CN4CCC4)cc3)c(F)c2)C(=O)O1. The summed E-state index contributed by atoms with van der Waals surface area (Å²) in [5.74, 6) is -0.659. The Balaban J connectivity index is 1.43. The van der Waals surface area contributed by atoms with Gasteiger partial charge in [0.05, 0.1) is 24.9 Å². The highest BCUT2D eigenvalue weighted by molar-refractivity contribution is 5.90. The molecule has 31 heavy (non-hydrogen) atoms. The molecule has 0 aliphatic carbocycles. The van der Waals surface area contributed by atoms with E-state index in [9.17, 15) is 19.1 Å². The third kappa shape index (κ3) is 4.86. The van der Waals surface area contributed by atoms with Crippen LogP contribution in [-0.4, -0.2) is 60.8 Å². The van der Waals surface area contributed by atoms with E-state index < -0.39 is 24.1 Å². The molecular formula is C23H26FN3O4. The summed E-state index contributed by atoms with van der Waals surface area (Å²) in [7, 11) is 0. The van der Waals surface area contributed by atoms with E-state index >= 15 is 0 Å². The van der Waals surface area contributed by atoms with Crippen molar-refractivity contribution in [1.82, 2.24) is 10.2 Å². The van der Waals surface area contributed by atoms with E-state index in [4.69, 9.17) is 4.74 Å². The topological polar surface area (TPSA) is 82.1 Å². The molecule has 2 aliphatic rings. The lowest BCUT2D eigenvalue weighted by Crippen LogP contribution is -2.39. The van der Waals surface area contributed by atoms with Crippen LogP contribution in [0.25, 0.3) is 11.1 Å². The Morgan fingerprint density at radius 1 is 1.26 bits per heavy atom. The van der Waals surface area contributed by atoms with Crippen LogP contribution in [-0.2, 0) is 9.53 Å². The fourth-order valence-electron chi connectivity index (χ4n) is 3.80. The van der Waals surface area contributed by atoms with E-state index in [1.54, 1.807) is 24.3 Å². The fourth-order valence-corrected chi connectivity index (χ4v) is 3.80. The first-order valence-electron chi connectivity index (χ1n) is 10.4. The molecule has 2 saturated heterocycles. The maximum absolute atomic E-state index is 14.9. The van der Waals surface area contributed by atoms with Crippen LogP contribution < -0.4 is 10.2 Å². The van der Waals surface area contributed by atoms with Crippen LogP contribution in [0.2, 0.25) is 0 Å². The van der Waals surface area contributed by atoms with Crippen LogP contribution >= 0.6 is 0 Å². The molecule has 2 N–H and O–H groups in total. The van der Waals surface area contributed by atoms with Gasteiger partial charge in [-0.25, -0.2) is 9.18 Å². The minimum Gasteiger partial charge on any atom is -0.442 e. The number of aliphatic hydroxyl groups is 1. The summed E-state index contributed by atoms with van der Waals surface area (Å²) in [4.78, 5) is 26.7. The van der Waals surface area contributed by atoms with Crippen LogP contribution in [0, 0.1) is 5.82 Å². The zero-order valence-electron chi connectivity index (χ0n) is 17.4. The number of halogens is 1. The number of carbonyl (C=O) groups is 2. The van der Waals surface area contributed by atoms with Crippen molar-refractivity contribution in [3.05, 3.63) is 53.8 Å². The molecule has 0 radical (unpaired) electrons. The summed E-state index contributed by atoms with van der Waals surface area (Å²) < 4.78 is 20.1. The number of likely N-dealkylation sites (tertiary alicyclic amines) is 1. The Morgan fingerprint density at radius 2 is 2.00 bits per heavy atom. The second-order valence-electron chi connectivity index (χ2n) is 8.01. The van der Waals surface area contributed by atoms with Crippen LogP contribution in [0.15, 0.2) is 42.5 Å². The monoisotopic (exact) mass is 427 g/mol. The van der Waals surface area contributed by atoms with Crippen molar-refractivity contribution in [3.63, 3.8) is 0 Å². The molecule has 2 fully saturated rings. The zero-order valence-corrected chi connectivity index (χ0v) is 17.4. The summed E-state index contributed by atoms with van der Waals surface area (Å²) in [6, 6.07) is 11.8. The molecule has 2 aromatic carbocycles. The third-order valence-corrected chi connectivity index (χ3v) is 5.70. The van der Waals surface area contributed by atoms with Crippen molar-refractivity contribution < 1.29 is 23.8 Å². The number of cyclic esters (lactones) is 1. The molecule has 164 valence electrons. The summed E-state index contributed by atoms with van der Waals surface area (Å²) >= 11 is 0. The number of nitrogens with zero attached hydrogens (tertiary/aromatic N) is 2. The molecule has 7 nitrogen and oxygen atoms in total. The van der Waals surface area contributed by atoms with Crippen LogP contribution in [0.5, 0.6) is 0 Å². The first-order valence-corrected chi connectivity index (χ1v) is 10.4. The van der Waals surface area contributed by atoms with Gasteiger partial charge in [0.25, 0.3) is 0 Å². The first kappa shape index (κ1) is 21.3. The Labute approximate surface area is 180 Å². The number of anilines is 1. The highest BCUT2D eigenvalue weighted by Gasteiger charge is 2.32. The van der Waals surface area contributed by atoms with Gasteiger partial charge < -0.3 is 20.1 Å². The lowest BCUT2D eigenvalue weighted by molar-refractivity contribution is -0.119. The zero-order chi connectivity index (χ0) is 22.0. The molecular weight excluding hydrogens is 401 g/mol. The molecule has 0 aromatic heterocycles. The molecule has 2 heterocycles. The molecule has 2 amide bonds. The van der Waals surface area contributed by atoms with Crippen molar-refractivity contribution in [2.24, 2.45) is 0 Å². The lowest BCUT2D eigenvalue weighted by atomic mass is 10.0. The fraction of sp³-hybridized carbons (Fsp3) is 0.391. The van der Waals surface area contributed by atoms with E-state index in [0.717, 1.165) is 18.7 Å². The third-order valence-electron chi connectivity index (χ3n) is 5.70. The average Bonchev–Trinajstić information content (AvgIpc) is 3.10. The number of hydrogen-bond donors (Lipinski definition) is 2. The van der Waals surface area contributed by atoms with Gasteiger partial charge >= 0.3 is 6.09 Å². The number of β-amino-alcohol motifs (C(OH)–C–C–N with tert-alkyl or cyclic N) is 1. The van der Waals surface area contributed by atoms with E-state index in [1.165, 1.54) is 24.3 Å². The van der Waals surface area contributed by atoms with Gasteiger partial charge in [0.2, 0.25) is 5.91 Å². The van der Waals surface area contributed by atoms with Crippen molar-refractivity contribution in [3.8, 4) is 11.1 Å². The number of nitrogens with one attached hydrogen (secondary N) is 1. The molecule has 0 spiro atoms. The smallest absolute Gasteiger partial charge is 0.414 e. The van der Waals surface area contributed by atoms with E-state index in [-0.39, 0.29) is 19.0 Å². The van der Waals surface area contributed by atoms with Gasteiger partial charge in [0.15, 0.2) is 0 Å². The van der Waals surface area contributed by atoms with Crippen LogP contribution in [0.3, 0.4) is 0 Å². The maximum atomic E-state index is 14.9. The average molecular weight is 427 g/mol. The Hall–Kier alpha value is -2.97. The first-order chi connectivity index (χ1) is 14.9. The summed E-state index contributed by atoms with van der Waals surface area (Å²) in [5.41, 5.74) is 2.31. The predicted molar refractivity (Wildman–Crippen MR) is 114 cm³/mol. The Morgan fingerprint density at radius 3 is 2.61 bits per heavy atom. The second-order valence-corrected chi connectivity index (χ2v) is 8.01. The Bertz CT molecular complexity index is 962. The number of aliphatic hydroxyl groups excluding tert-OH is 1. The minimum absolute atomic E-state index is 0.205. The van der Waals surface area contributed by atoms with Gasteiger partial charge in [-0.1, -0.05) is 24.3 Å². The quantitative estimate of drug-likeness (QED) is 0.710. The highest BCUT2D eigenvalue weighted by atomic mass is 19.1. The lowest BCUT2D eigenvalue weighted by Gasteiger charge is -2.32.